The molecule has 0 saturated heterocycles. The number of hydrogen-bond donors (Lipinski definition) is 1. The van der Waals surface area contributed by atoms with Gasteiger partial charge >= 0.3 is 0 Å². The van der Waals surface area contributed by atoms with Gasteiger partial charge in [0.2, 0.25) is 0 Å². The molecule has 2 rings (SSSR count). The van der Waals surface area contributed by atoms with Crippen LogP contribution < -0.4 is 5.32 Å². The van der Waals surface area contributed by atoms with Crippen molar-refractivity contribution in [2.75, 3.05) is 6.54 Å². The highest BCUT2D eigenvalue weighted by molar-refractivity contribution is 6.30. The summed E-state index contributed by atoms with van der Waals surface area (Å²) < 4.78 is 0. The number of nitrogens with one attached hydrogen (secondary N) is 1. The Labute approximate surface area is 110 Å². The van der Waals surface area contributed by atoms with Crippen LogP contribution in [0.3, 0.4) is 0 Å². The van der Waals surface area contributed by atoms with Crippen LogP contribution >= 0.6 is 11.6 Å². The second kappa shape index (κ2) is 5.88. The minimum Gasteiger partial charge on any atom is -0.310 e. The quantitative estimate of drug-likeness (QED) is 0.813. The largest absolute Gasteiger partial charge is 0.310 e. The van der Waals surface area contributed by atoms with Crippen molar-refractivity contribution in [2.24, 2.45) is 5.92 Å². The van der Waals surface area contributed by atoms with Crippen LogP contribution in [0.1, 0.15) is 49.8 Å². The molecule has 0 heterocycles. The second-order valence-corrected chi connectivity index (χ2v) is 5.64. The van der Waals surface area contributed by atoms with Gasteiger partial charge in [-0.3, -0.25) is 0 Å². The predicted molar refractivity (Wildman–Crippen MR) is 74.6 cm³/mol. The Kier molecular flexibility index (Phi) is 4.47. The summed E-state index contributed by atoms with van der Waals surface area (Å²) in [5.74, 6) is 0.915. The average Bonchev–Trinajstić information content (AvgIpc) is 2.20. The van der Waals surface area contributed by atoms with Gasteiger partial charge in [-0.05, 0) is 49.1 Å². The van der Waals surface area contributed by atoms with Gasteiger partial charge in [-0.1, -0.05) is 43.9 Å². The first kappa shape index (κ1) is 12.9. The number of hydrogen-bond acceptors (Lipinski definition) is 1. The second-order valence-electron chi connectivity index (χ2n) is 5.20. The lowest BCUT2D eigenvalue weighted by molar-refractivity contribution is 0.262. The SMILES string of the molecule is CCNC(CC1CCC1)c1cc(C)cc(Cl)c1. The van der Waals surface area contributed by atoms with Gasteiger partial charge in [0, 0.05) is 11.1 Å². The van der Waals surface area contributed by atoms with Gasteiger partial charge in [0.1, 0.15) is 0 Å². The van der Waals surface area contributed by atoms with E-state index in [4.69, 9.17) is 11.6 Å². The Morgan fingerprint density at radius 3 is 2.65 bits per heavy atom. The molecule has 1 fully saturated rings. The van der Waals surface area contributed by atoms with Crippen molar-refractivity contribution in [2.45, 2.75) is 45.6 Å². The predicted octanol–water partition coefficient (Wildman–Crippen LogP) is 4.49. The molecule has 0 aliphatic heterocycles. The molecule has 1 saturated carbocycles. The summed E-state index contributed by atoms with van der Waals surface area (Å²) in [6.07, 6.45) is 5.48. The molecule has 1 aliphatic carbocycles. The van der Waals surface area contributed by atoms with Crippen LogP contribution in [0.25, 0.3) is 0 Å². The Bertz CT molecular complexity index is 351. The lowest BCUT2D eigenvalue weighted by atomic mass is 9.79. The van der Waals surface area contributed by atoms with Crippen LogP contribution in [0.5, 0.6) is 0 Å². The molecule has 2 heteroatoms. The zero-order valence-corrected chi connectivity index (χ0v) is 11.6. The number of aryl methyl sites for hydroxylation is 1. The molecule has 1 nitrogen and oxygen atoms in total. The van der Waals surface area contributed by atoms with Crippen LogP contribution in [-0.2, 0) is 0 Å². The number of rotatable bonds is 5. The summed E-state index contributed by atoms with van der Waals surface area (Å²) in [4.78, 5) is 0. The molecule has 0 spiro atoms. The van der Waals surface area contributed by atoms with Crippen molar-refractivity contribution >= 4 is 11.6 Å². The Hall–Kier alpha value is -0.530. The molecule has 0 amide bonds. The van der Waals surface area contributed by atoms with Gasteiger partial charge < -0.3 is 5.32 Å². The third-order valence-corrected chi connectivity index (χ3v) is 3.93. The van der Waals surface area contributed by atoms with Crippen LogP contribution in [0.4, 0.5) is 0 Å². The van der Waals surface area contributed by atoms with E-state index in [1.165, 1.54) is 36.8 Å². The van der Waals surface area contributed by atoms with Crippen LogP contribution in [0.15, 0.2) is 18.2 Å². The van der Waals surface area contributed by atoms with Crippen molar-refractivity contribution in [1.82, 2.24) is 5.32 Å². The Morgan fingerprint density at radius 2 is 2.12 bits per heavy atom. The summed E-state index contributed by atoms with van der Waals surface area (Å²) in [5.41, 5.74) is 2.60. The van der Waals surface area contributed by atoms with E-state index in [9.17, 15) is 0 Å². The first-order valence-electron chi connectivity index (χ1n) is 6.69. The highest BCUT2D eigenvalue weighted by atomic mass is 35.5. The highest BCUT2D eigenvalue weighted by Crippen LogP contribution is 2.35. The smallest absolute Gasteiger partial charge is 0.0411 e. The lowest BCUT2D eigenvalue weighted by Crippen LogP contribution is -2.26. The molecule has 0 bridgehead atoms. The maximum Gasteiger partial charge on any atom is 0.0411 e. The molecule has 0 aromatic heterocycles. The summed E-state index contributed by atoms with van der Waals surface area (Å²) in [6, 6.07) is 6.87. The summed E-state index contributed by atoms with van der Waals surface area (Å²) in [7, 11) is 0. The van der Waals surface area contributed by atoms with Crippen LogP contribution in [0.2, 0.25) is 5.02 Å². The van der Waals surface area contributed by atoms with E-state index in [1.807, 2.05) is 6.07 Å². The maximum atomic E-state index is 6.15. The van der Waals surface area contributed by atoms with E-state index >= 15 is 0 Å². The normalized spacial score (nSPS) is 17.8. The molecule has 1 aromatic rings. The lowest BCUT2D eigenvalue weighted by Gasteiger charge is -2.30. The topological polar surface area (TPSA) is 12.0 Å². The molecule has 1 atom stereocenters. The fraction of sp³-hybridized carbons (Fsp3) is 0.600. The molecule has 1 N–H and O–H groups in total. The van der Waals surface area contributed by atoms with Gasteiger partial charge in [0.25, 0.3) is 0 Å². The van der Waals surface area contributed by atoms with Crippen molar-refractivity contribution in [3.63, 3.8) is 0 Å². The van der Waals surface area contributed by atoms with Crippen LogP contribution in [0, 0.1) is 12.8 Å². The Balaban J connectivity index is 2.12. The fourth-order valence-electron chi connectivity index (χ4n) is 2.61. The fourth-order valence-corrected chi connectivity index (χ4v) is 2.91. The van der Waals surface area contributed by atoms with E-state index < -0.39 is 0 Å². The molecule has 1 aromatic carbocycles. The van der Waals surface area contributed by atoms with E-state index in [0.29, 0.717) is 6.04 Å². The molecule has 0 radical (unpaired) electrons. The van der Waals surface area contributed by atoms with Gasteiger partial charge in [-0.15, -0.1) is 0 Å². The summed E-state index contributed by atoms with van der Waals surface area (Å²) in [6.45, 7) is 5.30. The molecule has 1 aliphatic rings. The van der Waals surface area contributed by atoms with E-state index in [0.717, 1.165) is 17.5 Å². The summed E-state index contributed by atoms with van der Waals surface area (Å²) in [5, 5.41) is 4.45. The molecular weight excluding hydrogens is 230 g/mol. The Morgan fingerprint density at radius 1 is 1.35 bits per heavy atom. The average molecular weight is 252 g/mol. The molecule has 94 valence electrons. The first-order valence-corrected chi connectivity index (χ1v) is 7.07. The minimum absolute atomic E-state index is 0.475. The first-order chi connectivity index (χ1) is 8.19. The van der Waals surface area contributed by atoms with Gasteiger partial charge in [-0.25, -0.2) is 0 Å². The molecular formula is C15H22ClN. The van der Waals surface area contributed by atoms with Crippen molar-refractivity contribution < 1.29 is 0 Å². The summed E-state index contributed by atoms with van der Waals surface area (Å²) >= 11 is 6.15. The third-order valence-electron chi connectivity index (χ3n) is 3.71. The highest BCUT2D eigenvalue weighted by Gasteiger charge is 2.22. The zero-order chi connectivity index (χ0) is 12.3. The van der Waals surface area contributed by atoms with E-state index in [2.05, 4.69) is 31.3 Å². The number of benzene rings is 1. The number of halogens is 1. The van der Waals surface area contributed by atoms with E-state index in [-0.39, 0.29) is 0 Å². The van der Waals surface area contributed by atoms with E-state index in [1.54, 1.807) is 0 Å². The zero-order valence-electron chi connectivity index (χ0n) is 10.8. The van der Waals surface area contributed by atoms with Crippen molar-refractivity contribution in [3.05, 3.63) is 34.3 Å². The molecule has 17 heavy (non-hydrogen) atoms. The maximum absolute atomic E-state index is 6.15. The van der Waals surface area contributed by atoms with Gasteiger partial charge in [0.15, 0.2) is 0 Å². The van der Waals surface area contributed by atoms with Gasteiger partial charge in [0.05, 0.1) is 0 Å². The van der Waals surface area contributed by atoms with Crippen molar-refractivity contribution in [3.8, 4) is 0 Å². The monoisotopic (exact) mass is 251 g/mol. The van der Waals surface area contributed by atoms with Gasteiger partial charge in [-0.2, -0.15) is 0 Å². The third kappa shape index (κ3) is 3.46. The van der Waals surface area contributed by atoms with Crippen molar-refractivity contribution in [1.29, 1.82) is 0 Å². The standard InChI is InChI=1S/C15H22ClN/c1-3-17-15(9-12-5-4-6-12)13-7-11(2)8-14(16)10-13/h7-8,10,12,15,17H,3-6,9H2,1-2H3. The molecule has 1 unspecified atom stereocenters. The minimum atomic E-state index is 0.475. The van der Waals surface area contributed by atoms with Crippen LogP contribution in [-0.4, -0.2) is 6.54 Å².